The topological polar surface area (TPSA) is 34.1 Å². The molecule has 4 heteroatoms. The van der Waals surface area contributed by atoms with E-state index in [0.29, 0.717) is 0 Å². The molecule has 0 aromatic heterocycles. The van der Waals surface area contributed by atoms with Crippen LogP contribution in [-0.4, -0.2) is 11.6 Å². The first kappa shape index (κ1) is 12.5. The third-order valence-electron chi connectivity index (χ3n) is 3.31. The fourth-order valence-electron chi connectivity index (χ4n) is 2.45. The van der Waals surface area contributed by atoms with Gasteiger partial charge in [-0.05, 0) is 68.5 Å². The summed E-state index contributed by atoms with van der Waals surface area (Å²) in [6, 6.07) is 0. The lowest BCUT2D eigenvalue weighted by Gasteiger charge is -2.30. The van der Waals surface area contributed by atoms with E-state index in [1.54, 1.807) is 0 Å². The maximum atomic E-state index is 12.1. The fourth-order valence-corrected chi connectivity index (χ4v) is 3.53. The number of hydrogen-bond acceptors (Lipinski definition) is 2. The Balaban J connectivity index is 2.20. The van der Waals surface area contributed by atoms with E-state index in [2.05, 4.69) is 45.2 Å². The fraction of sp³-hybridized carbons (Fsp3) is 0.143. The molecule has 0 bridgehead atoms. The normalized spacial score (nSPS) is 29.9. The molecule has 3 aliphatic carbocycles. The molecule has 3 aliphatic rings. The van der Waals surface area contributed by atoms with Crippen LogP contribution in [0.4, 0.5) is 0 Å². The summed E-state index contributed by atoms with van der Waals surface area (Å²) < 4.78 is 2.01. The van der Waals surface area contributed by atoms with Crippen LogP contribution in [0.5, 0.6) is 0 Å². The maximum absolute atomic E-state index is 12.1. The van der Waals surface area contributed by atoms with Crippen molar-refractivity contribution in [1.29, 1.82) is 0 Å². The number of ketones is 2. The van der Waals surface area contributed by atoms with Crippen molar-refractivity contribution in [2.24, 2.45) is 11.8 Å². The lowest BCUT2D eigenvalue weighted by atomic mass is 9.72. The number of rotatable bonds is 0. The monoisotopic (exact) mass is 462 g/mol. The quantitative estimate of drug-likeness (QED) is 0.409. The summed E-state index contributed by atoms with van der Waals surface area (Å²) in [5, 5.41) is 0. The van der Waals surface area contributed by atoms with Crippen LogP contribution in [0.25, 0.3) is 0 Å². The molecular weight excluding hydrogens is 454 g/mol. The van der Waals surface area contributed by atoms with E-state index in [4.69, 9.17) is 0 Å². The summed E-state index contributed by atoms with van der Waals surface area (Å²) in [4.78, 5) is 24.3. The molecule has 2 unspecified atom stereocenters. The molecule has 90 valence electrons. The van der Waals surface area contributed by atoms with E-state index >= 15 is 0 Å². The highest BCUT2D eigenvalue weighted by Crippen LogP contribution is 2.40. The Morgan fingerprint density at radius 3 is 1.50 bits per heavy atom. The molecule has 0 aromatic carbocycles. The zero-order valence-electron chi connectivity index (χ0n) is 9.19. The highest BCUT2D eigenvalue weighted by atomic mass is 127. The van der Waals surface area contributed by atoms with Crippen molar-refractivity contribution >= 4 is 56.7 Å². The summed E-state index contributed by atoms with van der Waals surface area (Å²) in [5.74, 6) is -1.33. The second-order valence-electron chi connectivity index (χ2n) is 4.36. The number of halogens is 2. The zero-order chi connectivity index (χ0) is 12.9. The second-order valence-corrected chi connectivity index (χ2v) is 6.86. The third-order valence-corrected chi connectivity index (χ3v) is 4.75. The number of hydrogen-bond donors (Lipinski definition) is 0. The van der Waals surface area contributed by atoms with Gasteiger partial charge in [0.05, 0.1) is 11.8 Å². The molecule has 0 heterocycles. The van der Waals surface area contributed by atoms with Crippen LogP contribution in [0.15, 0.2) is 54.8 Å². The Bertz CT molecular complexity index is 564. The molecule has 0 aliphatic heterocycles. The molecule has 3 rings (SSSR count). The lowest BCUT2D eigenvalue weighted by Crippen LogP contribution is -2.36. The van der Waals surface area contributed by atoms with Gasteiger partial charge in [-0.15, -0.1) is 0 Å². The number of carbonyl (C=O) groups excluding carboxylic acids is 2. The van der Waals surface area contributed by atoms with Gasteiger partial charge in [0.2, 0.25) is 11.6 Å². The van der Waals surface area contributed by atoms with Crippen molar-refractivity contribution in [3.63, 3.8) is 0 Å². The molecule has 0 saturated carbocycles. The van der Waals surface area contributed by atoms with E-state index < -0.39 is 0 Å². The van der Waals surface area contributed by atoms with Crippen molar-refractivity contribution < 1.29 is 9.59 Å². The molecule has 0 fully saturated rings. The van der Waals surface area contributed by atoms with Crippen molar-refractivity contribution in [2.75, 3.05) is 0 Å². The van der Waals surface area contributed by atoms with Crippen LogP contribution in [-0.2, 0) is 9.59 Å². The van der Waals surface area contributed by atoms with E-state index in [1.165, 1.54) is 0 Å². The maximum Gasteiger partial charge on any atom is 0.210 e. The van der Waals surface area contributed by atoms with Crippen LogP contribution in [0.1, 0.15) is 0 Å². The van der Waals surface area contributed by atoms with E-state index in [1.807, 2.05) is 36.5 Å². The van der Waals surface area contributed by atoms with Gasteiger partial charge in [0.15, 0.2) is 0 Å². The first-order valence-electron chi connectivity index (χ1n) is 5.51. The zero-order valence-corrected chi connectivity index (χ0v) is 13.5. The average Bonchev–Trinajstić information content (AvgIpc) is 2.36. The molecule has 0 aromatic rings. The van der Waals surface area contributed by atoms with Crippen molar-refractivity contribution in [3.8, 4) is 0 Å². The van der Waals surface area contributed by atoms with Gasteiger partial charge in [0.1, 0.15) is 0 Å². The molecular formula is C14H8I2O2. The first-order valence-corrected chi connectivity index (χ1v) is 7.66. The van der Waals surface area contributed by atoms with Gasteiger partial charge in [0, 0.05) is 7.16 Å². The van der Waals surface area contributed by atoms with E-state index in [-0.39, 0.29) is 23.4 Å². The van der Waals surface area contributed by atoms with E-state index in [9.17, 15) is 9.59 Å². The van der Waals surface area contributed by atoms with Gasteiger partial charge in [-0.3, -0.25) is 9.59 Å². The Kier molecular flexibility index (Phi) is 3.17. The van der Waals surface area contributed by atoms with Crippen LogP contribution >= 0.6 is 45.2 Å². The van der Waals surface area contributed by atoms with Gasteiger partial charge in [-0.2, -0.15) is 0 Å². The van der Waals surface area contributed by atoms with Crippen molar-refractivity contribution in [1.82, 2.24) is 0 Å². The molecule has 0 radical (unpaired) electrons. The number of carbonyl (C=O) groups is 2. The second kappa shape index (κ2) is 4.56. The van der Waals surface area contributed by atoms with Gasteiger partial charge in [-0.25, -0.2) is 0 Å². The summed E-state index contributed by atoms with van der Waals surface area (Å²) in [5.41, 5.74) is 1.95. The first-order chi connectivity index (χ1) is 8.58. The molecule has 2 nitrogen and oxygen atoms in total. The molecule has 2 atom stereocenters. The summed E-state index contributed by atoms with van der Waals surface area (Å²) in [6.07, 6.45) is 11.6. The molecule has 0 N–H and O–H groups in total. The van der Waals surface area contributed by atoms with Gasteiger partial charge in [0.25, 0.3) is 0 Å². The summed E-state index contributed by atoms with van der Waals surface area (Å²) >= 11 is 4.34. The van der Waals surface area contributed by atoms with Crippen LogP contribution in [0.3, 0.4) is 0 Å². The third kappa shape index (κ3) is 1.89. The smallest absolute Gasteiger partial charge is 0.210 e. The predicted molar refractivity (Wildman–Crippen MR) is 86.5 cm³/mol. The Morgan fingerprint density at radius 2 is 1.11 bits per heavy atom. The van der Waals surface area contributed by atoms with Gasteiger partial charge in [-0.1, -0.05) is 24.3 Å². The van der Waals surface area contributed by atoms with E-state index in [0.717, 1.165) is 18.3 Å². The largest absolute Gasteiger partial charge is 0.290 e. The van der Waals surface area contributed by atoms with Gasteiger partial charge < -0.3 is 0 Å². The minimum absolute atomic E-state index is 0.284. The van der Waals surface area contributed by atoms with Crippen LogP contribution < -0.4 is 0 Å². The predicted octanol–water partition coefficient (Wildman–Crippen LogP) is 3.44. The molecule has 0 saturated heterocycles. The summed E-state index contributed by atoms with van der Waals surface area (Å²) in [6.45, 7) is 0. The molecule has 0 amide bonds. The highest BCUT2D eigenvalue weighted by Gasteiger charge is 2.40. The Morgan fingerprint density at radius 1 is 0.722 bits per heavy atom. The van der Waals surface area contributed by atoms with Gasteiger partial charge >= 0.3 is 0 Å². The minimum Gasteiger partial charge on any atom is -0.290 e. The minimum atomic E-state index is -0.380. The standard InChI is InChI=1S/C14H8I2O2/c15-7-1-3-9-10-4-2-8(16)6-12(10)14(18)13(17)11(9)5-7/h1-6,11-12H. The average molecular weight is 462 g/mol. The van der Waals surface area contributed by atoms with Crippen LogP contribution in [0.2, 0.25) is 0 Å². The summed E-state index contributed by atoms with van der Waals surface area (Å²) in [7, 11) is 0. The number of fused-ring (bicyclic) bond motifs is 2. The number of Topliss-reactive ketones (excluding diaryl/α,β-unsaturated/α-hetero) is 2. The lowest BCUT2D eigenvalue weighted by molar-refractivity contribution is -0.139. The SMILES string of the molecule is O=C1C(=O)C2C=C(I)C=CC2=C2C=CC(I)=CC12. The van der Waals surface area contributed by atoms with Crippen molar-refractivity contribution in [3.05, 3.63) is 54.8 Å². The Labute approximate surface area is 132 Å². The number of allylic oxidation sites excluding steroid dienone is 10. The van der Waals surface area contributed by atoms with Crippen LogP contribution in [0, 0.1) is 11.8 Å². The molecule has 0 spiro atoms. The molecule has 18 heavy (non-hydrogen) atoms. The Hall–Kier alpha value is -0.500. The van der Waals surface area contributed by atoms with Crippen molar-refractivity contribution in [2.45, 2.75) is 0 Å². The highest BCUT2D eigenvalue weighted by molar-refractivity contribution is 14.1.